The van der Waals surface area contributed by atoms with Gasteiger partial charge in [0.15, 0.2) is 0 Å². The van der Waals surface area contributed by atoms with Crippen LogP contribution in [0.15, 0.2) is 48.5 Å². The summed E-state index contributed by atoms with van der Waals surface area (Å²) in [6, 6.07) is 14.0. The summed E-state index contributed by atoms with van der Waals surface area (Å²) in [4.78, 5) is 23.7. The van der Waals surface area contributed by atoms with E-state index in [1.807, 2.05) is 24.3 Å². The molecule has 2 aromatic carbocycles. The summed E-state index contributed by atoms with van der Waals surface area (Å²) in [6.07, 6.45) is 0.218. The molecule has 0 saturated carbocycles. The van der Waals surface area contributed by atoms with Gasteiger partial charge in [0.2, 0.25) is 5.91 Å². The first-order valence-electron chi connectivity index (χ1n) is 7.52. The van der Waals surface area contributed by atoms with Crippen LogP contribution in [-0.2, 0) is 11.3 Å². The molecule has 0 atom stereocenters. The molecule has 0 unspecified atom stereocenters. The SMILES string of the molecule is COc1ccc(CNC(=O)CCNC(=O)c2ccc(Cl)cc2)cc1. The Morgan fingerprint density at radius 1 is 1.00 bits per heavy atom. The van der Waals surface area contributed by atoms with E-state index in [-0.39, 0.29) is 24.8 Å². The molecule has 0 bridgehead atoms. The van der Waals surface area contributed by atoms with Crippen LogP contribution in [0.2, 0.25) is 5.02 Å². The van der Waals surface area contributed by atoms with E-state index >= 15 is 0 Å². The van der Waals surface area contributed by atoms with Gasteiger partial charge in [0.05, 0.1) is 7.11 Å². The topological polar surface area (TPSA) is 67.4 Å². The van der Waals surface area contributed by atoms with E-state index in [4.69, 9.17) is 16.3 Å². The van der Waals surface area contributed by atoms with Crippen molar-refractivity contribution in [1.29, 1.82) is 0 Å². The van der Waals surface area contributed by atoms with Crippen molar-refractivity contribution in [2.45, 2.75) is 13.0 Å². The van der Waals surface area contributed by atoms with Crippen molar-refractivity contribution in [2.75, 3.05) is 13.7 Å². The van der Waals surface area contributed by atoms with E-state index in [9.17, 15) is 9.59 Å². The Labute approximate surface area is 146 Å². The lowest BCUT2D eigenvalue weighted by molar-refractivity contribution is -0.121. The average Bonchev–Trinajstić information content (AvgIpc) is 2.61. The van der Waals surface area contributed by atoms with Crippen LogP contribution in [0.5, 0.6) is 5.75 Å². The van der Waals surface area contributed by atoms with Crippen molar-refractivity contribution in [3.05, 3.63) is 64.7 Å². The van der Waals surface area contributed by atoms with Crippen molar-refractivity contribution < 1.29 is 14.3 Å². The fourth-order valence-corrected chi connectivity index (χ4v) is 2.15. The Bertz CT molecular complexity index is 684. The van der Waals surface area contributed by atoms with E-state index in [2.05, 4.69) is 10.6 Å². The molecule has 0 aliphatic rings. The molecule has 5 nitrogen and oxygen atoms in total. The van der Waals surface area contributed by atoms with E-state index in [0.717, 1.165) is 11.3 Å². The molecule has 0 spiro atoms. The number of methoxy groups -OCH3 is 1. The molecule has 126 valence electrons. The van der Waals surface area contributed by atoms with Crippen molar-refractivity contribution in [2.24, 2.45) is 0 Å². The third-order valence-corrected chi connectivity index (χ3v) is 3.64. The van der Waals surface area contributed by atoms with Crippen LogP contribution >= 0.6 is 11.6 Å². The average molecular weight is 347 g/mol. The summed E-state index contributed by atoms with van der Waals surface area (Å²) in [7, 11) is 1.61. The molecule has 0 radical (unpaired) electrons. The zero-order valence-corrected chi connectivity index (χ0v) is 14.1. The normalized spacial score (nSPS) is 10.1. The number of amides is 2. The summed E-state index contributed by atoms with van der Waals surface area (Å²) < 4.78 is 5.08. The number of nitrogens with one attached hydrogen (secondary N) is 2. The zero-order chi connectivity index (χ0) is 17.4. The molecule has 0 saturated heterocycles. The predicted octanol–water partition coefficient (Wildman–Crippen LogP) is 2.78. The monoisotopic (exact) mass is 346 g/mol. The third kappa shape index (κ3) is 5.59. The minimum atomic E-state index is -0.227. The van der Waals surface area contributed by atoms with Gasteiger partial charge in [-0.1, -0.05) is 23.7 Å². The number of benzene rings is 2. The van der Waals surface area contributed by atoms with Gasteiger partial charge in [-0.05, 0) is 42.0 Å². The van der Waals surface area contributed by atoms with Gasteiger partial charge in [-0.25, -0.2) is 0 Å². The van der Waals surface area contributed by atoms with E-state index in [0.29, 0.717) is 17.1 Å². The van der Waals surface area contributed by atoms with Gasteiger partial charge in [0.1, 0.15) is 5.75 Å². The molecule has 24 heavy (non-hydrogen) atoms. The standard InChI is InChI=1S/C18H19ClN2O3/c1-24-16-8-2-13(3-9-16)12-21-17(22)10-11-20-18(23)14-4-6-15(19)7-5-14/h2-9H,10-12H2,1H3,(H,20,23)(H,21,22). The number of carbonyl (C=O) groups is 2. The zero-order valence-electron chi connectivity index (χ0n) is 13.3. The lowest BCUT2D eigenvalue weighted by atomic mass is 10.2. The molecule has 6 heteroatoms. The minimum Gasteiger partial charge on any atom is -0.497 e. The predicted molar refractivity (Wildman–Crippen MR) is 93.2 cm³/mol. The van der Waals surface area contributed by atoms with Crippen LogP contribution in [0, 0.1) is 0 Å². The Hall–Kier alpha value is -2.53. The van der Waals surface area contributed by atoms with Crippen molar-refractivity contribution >= 4 is 23.4 Å². The molecule has 2 amide bonds. The van der Waals surface area contributed by atoms with Crippen molar-refractivity contribution in [3.8, 4) is 5.75 Å². The van der Waals surface area contributed by atoms with Gasteiger partial charge in [-0.3, -0.25) is 9.59 Å². The van der Waals surface area contributed by atoms with Crippen molar-refractivity contribution in [1.82, 2.24) is 10.6 Å². The van der Waals surface area contributed by atoms with E-state index < -0.39 is 0 Å². The van der Waals surface area contributed by atoms with Crippen LogP contribution in [0.25, 0.3) is 0 Å². The summed E-state index contributed by atoms with van der Waals surface area (Å²) in [5, 5.41) is 6.09. The molecule has 0 aliphatic heterocycles. The number of hydrogen-bond acceptors (Lipinski definition) is 3. The van der Waals surface area contributed by atoms with Gasteiger partial charge in [-0.15, -0.1) is 0 Å². The maximum Gasteiger partial charge on any atom is 0.251 e. The first kappa shape index (κ1) is 17.8. The smallest absolute Gasteiger partial charge is 0.251 e. The van der Waals surface area contributed by atoms with Gasteiger partial charge in [-0.2, -0.15) is 0 Å². The molecule has 0 fully saturated rings. The molecule has 0 aliphatic carbocycles. The van der Waals surface area contributed by atoms with Gasteiger partial charge in [0.25, 0.3) is 5.91 Å². The lowest BCUT2D eigenvalue weighted by Crippen LogP contribution is -2.30. The van der Waals surface area contributed by atoms with Crippen LogP contribution < -0.4 is 15.4 Å². The molecular formula is C18H19ClN2O3. The van der Waals surface area contributed by atoms with E-state index in [1.165, 1.54) is 0 Å². The second kappa shape index (κ2) is 8.93. The highest BCUT2D eigenvalue weighted by Gasteiger charge is 2.06. The highest BCUT2D eigenvalue weighted by atomic mass is 35.5. The number of ether oxygens (including phenoxy) is 1. The molecule has 0 aromatic heterocycles. The van der Waals surface area contributed by atoms with Crippen LogP contribution in [0.4, 0.5) is 0 Å². The largest absolute Gasteiger partial charge is 0.497 e. The van der Waals surface area contributed by atoms with Crippen LogP contribution in [-0.4, -0.2) is 25.5 Å². The highest BCUT2D eigenvalue weighted by molar-refractivity contribution is 6.30. The quantitative estimate of drug-likeness (QED) is 0.810. The molecule has 0 heterocycles. The summed E-state index contributed by atoms with van der Waals surface area (Å²) >= 11 is 5.77. The Morgan fingerprint density at radius 3 is 2.29 bits per heavy atom. The third-order valence-electron chi connectivity index (χ3n) is 3.39. The van der Waals surface area contributed by atoms with Crippen LogP contribution in [0.1, 0.15) is 22.3 Å². The molecule has 2 aromatic rings. The second-order valence-electron chi connectivity index (χ2n) is 5.14. The van der Waals surface area contributed by atoms with Crippen molar-refractivity contribution in [3.63, 3.8) is 0 Å². The lowest BCUT2D eigenvalue weighted by Gasteiger charge is -2.08. The van der Waals surface area contributed by atoms with Crippen LogP contribution in [0.3, 0.4) is 0 Å². The number of halogens is 1. The maximum absolute atomic E-state index is 11.9. The number of hydrogen-bond donors (Lipinski definition) is 2. The Kier molecular flexibility index (Phi) is 6.63. The molecule has 2 rings (SSSR count). The molecular weight excluding hydrogens is 328 g/mol. The number of carbonyl (C=O) groups excluding carboxylic acids is 2. The summed E-state index contributed by atoms with van der Waals surface area (Å²) in [5.41, 5.74) is 1.49. The summed E-state index contributed by atoms with van der Waals surface area (Å²) in [5.74, 6) is 0.423. The summed E-state index contributed by atoms with van der Waals surface area (Å²) in [6.45, 7) is 0.712. The Balaban J connectivity index is 1.69. The fourth-order valence-electron chi connectivity index (χ4n) is 2.03. The minimum absolute atomic E-state index is 0.123. The highest BCUT2D eigenvalue weighted by Crippen LogP contribution is 2.11. The van der Waals surface area contributed by atoms with Gasteiger partial charge in [0, 0.05) is 30.1 Å². The van der Waals surface area contributed by atoms with E-state index in [1.54, 1.807) is 31.4 Å². The van der Waals surface area contributed by atoms with Gasteiger partial charge >= 0.3 is 0 Å². The second-order valence-corrected chi connectivity index (χ2v) is 5.57. The maximum atomic E-state index is 11.9. The van der Waals surface area contributed by atoms with Gasteiger partial charge < -0.3 is 15.4 Å². The first-order valence-corrected chi connectivity index (χ1v) is 7.89. The number of rotatable bonds is 7. The fraction of sp³-hybridized carbons (Fsp3) is 0.222. The Morgan fingerprint density at radius 2 is 1.67 bits per heavy atom. The first-order chi connectivity index (χ1) is 11.6. The molecule has 2 N–H and O–H groups in total.